The van der Waals surface area contributed by atoms with Crippen molar-refractivity contribution in [1.29, 1.82) is 0 Å². The largest absolute Gasteiger partial charge is 0.324 e. The number of halogens is 2. The fourth-order valence-corrected chi connectivity index (χ4v) is 2.30. The third kappa shape index (κ3) is 3.38. The van der Waals surface area contributed by atoms with Crippen molar-refractivity contribution in [3.05, 3.63) is 74.8 Å². The van der Waals surface area contributed by atoms with Crippen molar-refractivity contribution in [2.45, 2.75) is 6.54 Å². The Balaban J connectivity index is 1.84. The summed E-state index contributed by atoms with van der Waals surface area (Å²) in [6, 6.07) is 6.43. The van der Waals surface area contributed by atoms with Crippen molar-refractivity contribution in [1.82, 2.24) is 9.55 Å². The monoisotopic (exact) mass is 360 g/mol. The Hall–Kier alpha value is -3.69. The summed E-state index contributed by atoms with van der Waals surface area (Å²) in [5.41, 5.74) is -0.614. The van der Waals surface area contributed by atoms with Crippen LogP contribution < -0.4 is 10.9 Å². The molecule has 0 aliphatic rings. The summed E-state index contributed by atoms with van der Waals surface area (Å²) in [5, 5.41) is 13.2. The average Bonchev–Trinajstić information content (AvgIpc) is 2.60. The molecule has 0 aliphatic heterocycles. The lowest BCUT2D eigenvalue weighted by molar-refractivity contribution is -0.384. The molecule has 0 aliphatic carbocycles. The zero-order valence-electron chi connectivity index (χ0n) is 13.0. The second-order valence-corrected chi connectivity index (χ2v) is 5.31. The first-order valence-corrected chi connectivity index (χ1v) is 7.23. The van der Waals surface area contributed by atoms with Crippen LogP contribution in [0, 0.1) is 21.7 Å². The molecule has 132 valence electrons. The first-order valence-electron chi connectivity index (χ1n) is 7.23. The summed E-state index contributed by atoms with van der Waals surface area (Å²) in [5.74, 6) is -2.82. The summed E-state index contributed by atoms with van der Waals surface area (Å²) in [7, 11) is 0. The van der Waals surface area contributed by atoms with Crippen LogP contribution in [0.5, 0.6) is 0 Å². The van der Waals surface area contributed by atoms with E-state index in [1.165, 1.54) is 12.1 Å². The molecule has 3 rings (SSSR count). The molecular weight excluding hydrogens is 350 g/mol. The van der Waals surface area contributed by atoms with Gasteiger partial charge in [-0.25, -0.2) is 13.8 Å². The van der Waals surface area contributed by atoms with Crippen LogP contribution in [-0.4, -0.2) is 20.4 Å². The second-order valence-electron chi connectivity index (χ2n) is 5.31. The summed E-state index contributed by atoms with van der Waals surface area (Å²) in [4.78, 5) is 38.4. The van der Waals surface area contributed by atoms with Gasteiger partial charge in [0.2, 0.25) is 5.91 Å². The van der Waals surface area contributed by atoms with Crippen LogP contribution in [0.1, 0.15) is 0 Å². The van der Waals surface area contributed by atoms with E-state index in [1.807, 2.05) is 0 Å². The van der Waals surface area contributed by atoms with Crippen LogP contribution in [-0.2, 0) is 11.3 Å². The van der Waals surface area contributed by atoms with E-state index in [1.54, 1.807) is 0 Å². The molecule has 0 atom stereocenters. The van der Waals surface area contributed by atoms with Crippen LogP contribution >= 0.6 is 0 Å². The second kappa shape index (κ2) is 6.67. The van der Waals surface area contributed by atoms with Gasteiger partial charge in [-0.1, -0.05) is 0 Å². The van der Waals surface area contributed by atoms with E-state index in [-0.39, 0.29) is 22.3 Å². The van der Waals surface area contributed by atoms with E-state index in [0.29, 0.717) is 0 Å². The average molecular weight is 360 g/mol. The Labute approximate surface area is 143 Å². The molecule has 1 heterocycles. The van der Waals surface area contributed by atoms with Crippen LogP contribution in [0.4, 0.5) is 20.2 Å². The molecule has 1 N–H and O–H groups in total. The maximum atomic E-state index is 13.1. The number of hydrogen-bond acceptors (Lipinski definition) is 5. The van der Waals surface area contributed by atoms with Gasteiger partial charge in [0, 0.05) is 23.9 Å². The lowest BCUT2D eigenvalue weighted by Crippen LogP contribution is -2.28. The number of carbonyl (C=O) groups is 1. The highest BCUT2D eigenvalue weighted by Gasteiger charge is 2.12. The molecule has 0 spiro atoms. The van der Waals surface area contributed by atoms with Gasteiger partial charge >= 0.3 is 0 Å². The smallest absolute Gasteiger partial charge is 0.271 e. The number of carbonyl (C=O) groups excluding carboxylic acids is 1. The number of nitro benzene ring substituents is 1. The van der Waals surface area contributed by atoms with Gasteiger partial charge in [0.05, 0.1) is 22.2 Å². The van der Waals surface area contributed by atoms with Gasteiger partial charge in [0.1, 0.15) is 6.54 Å². The number of anilines is 1. The van der Waals surface area contributed by atoms with Crippen LogP contribution in [0.3, 0.4) is 0 Å². The van der Waals surface area contributed by atoms with Crippen molar-refractivity contribution in [3.63, 3.8) is 0 Å². The molecule has 0 saturated carbocycles. The molecule has 0 saturated heterocycles. The first-order chi connectivity index (χ1) is 12.3. The zero-order valence-corrected chi connectivity index (χ0v) is 13.0. The minimum Gasteiger partial charge on any atom is -0.324 e. The van der Waals surface area contributed by atoms with Crippen LogP contribution in [0.2, 0.25) is 0 Å². The molecule has 0 unspecified atom stereocenters. The standard InChI is InChI=1S/C16H10F2N4O4/c17-12-4-1-9(5-13(12)18)20-15(23)7-21-8-19-14-6-10(22(25)26)2-3-11(14)16(21)24/h1-6,8H,7H2,(H,20,23). The molecule has 0 radical (unpaired) electrons. The number of nitrogens with zero attached hydrogens (tertiary/aromatic N) is 3. The molecule has 1 aromatic heterocycles. The minimum absolute atomic E-state index is 0.0336. The molecule has 2 aromatic carbocycles. The van der Waals surface area contributed by atoms with Crippen molar-refractivity contribution < 1.29 is 18.5 Å². The van der Waals surface area contributed by atoms with E-state index < -0.39 is 34.6 Å². The highest BCUT2D eigenvalue weighted by Crippen LogP contribution is 2.16. The highest BCUT2D eigenvalue weighted by atomic mass is 19.2. The van der Waals surface area contributed by atoms with Gasteiger partial charge in [0.15, 0.2) is 11.6 Å². The maximum absolute atomic E-state index is 13.1. The highest BCUT2D eigenvalue weighted by molar-refractivity contribution is 5.90. The molecule has 26 heavy (non-hydrogen) atoms. The SMILES string of the molecule is O=C(Cn1cnc2cc([N+](=O)[O-])ccc2c1=O)Nc1ccc(F)c(F)c1. The van der Waals surface area contributed by atoms with E-state index in [9.17, 15) is 28.5 Å². The van der Waals surface area contributed by atoms with E-state index in [0.717, 1.165) is 35.2 Å². The van der Waals surface area contributed by atoms with Gasteiger partial charge in [-0.2, -0.15) is 0 Å². The summed E-state index contributed by atoms with van der Waals surface area (Å²) >= 11 is 0. The van der Waals surface area contributed by atoms with Crippen LogP contribution in [0.25, 0.3) is 10.9 Å². The van der Waals surface area contributed by atoms with Gasteiger partial charge < -0.3 is 5.32 Å². The molecule has 8 nitrogen and oxygen atoms in total. The number of nitro groups is 1. The van der Waals surface area contributed by atoms with Crippen molar-refractivity contribution in [2.24, 2.45) is 0 Å². The number of hydrogen-bond donors (Lipinski definition) is 1. The fourth-order valence-electron chi connectivity index (χ4n) is 2.30. The normalized spacial score (nSPS) is 10.7. The number of amides is 1. The predicted molar refractivity (Wildman–Crippen MR) is 87.6 cm³/mol. The zero-order chi connectivity index (χ0) is 18.8. The van der Waals surface area contributed by atoms with Crippen molar-refractivity contribution in [2.75, 3.05) is 5.32 Å². The van der Waals surface area contributed by atoms with E-state index >= 15 is 0 Å². The van der Waals surface area contributed by atoms with Gasteiger partial charge in [0.25, 0.3) is 11.2 Å². The Morgan fingerprint density at radius 2 is 1.96 bits per heavy atom. The third-order valence-electron chi connectivity index (χ3n) is 3.54. The number of non-ortho nitro benzene ring substituents is 1. The molecule has 10 heteroatoms. The van der Waals surface area contributed by atoms with E-state index in [4.69, 9.17) is 0 Å². The Kier molecular flexibility index (Phi) is 4.40. The topological polar surface area (TPSA) is 107 Å². The van der Waals surface area contributed by atoms with Crippen LogP contribution in [0.15, 0.2) is 47.5 Å². The maximum Gasteiger partial charge on any atom is 0.271 e. The van der Waals surface area contributed by atoms with Crippen molar-refractivity contribution in [3.8, 4) is 0 Å². The quantitative estimate of drug-likeness (QED) is 0.567. The number of fused-ring (bicyclic) bond motifs is 1. The van der Waals surface area contributed by atoms with Gasteiger partial charge in [-0.3, -0.25) is 24.3 Å². The summed E-state index contributed by atoms with van der Waals surface area (Å²) in [6.45, 7) is -0.419. The predicted octanol–water partition coefficient (Wildman–Crippen LogP) is 2.22. The number of rotatable bonds is 4. The lowest BCUT2D eigenvalue weighted by Gasteiger charge is -2.08. The Morgan fingerprint density at radius 3 is 2.65 bits per heavy atom. The summed E-state index contributed by atoms with van der Waals surface area (Å²) in [6.07, 6.45) is 1.08. The Morgan fingerprint density at radius 1 is 1.19 bits per heavy atom. The molecule has 3 aromatic rings. The Bertz CT molecular complexity index is 1100. The first kappa shape index (κ1) is 17.1. The number of aromatic nitrogens is 2. The third-order valence-corrected chi connectivity index (χ3v) is 3.54. The van der Waals surface area contributed by atoms with E-state index in [2.05, 4.69) is 10.3 Å². The molecule has 0 bridgehead atoms. The van der Waals surface area contributed by atoms with Gasteiger partial charge in [-0.05, 0) is 18.2 Å². The minimum atomic E-state index is -1.12. The fraction of sp³-hybridized carbons (Fsp3) is 0.0625. The molecule has 0 fully saturated rings. The molecule has 1 amide bonds. The number of nitrogens with one attached hydrogen (secondary N) is 1. The molecular formula is C16H10F2N4O4. The summed E-state index contributed by atoms with van der Waals surface area (Å²) < 4.78 is 27.0. The van der Waals surface area contributed by atoms with Gasteiger partial charge in [-0.15, -0.1) is 0 Å². The van der Waals surface area contributed by atoms with Crippen molar-refractivity contribution >= 4 is 28.2 Å². The lowest BCUT2D eigenvalue weighted by atomic mass is 10.2. The number of benzene rings is 2.